The second kappa shape index (κ2) is 13.7. The topological polar surface area (TPSA) is 49.4 Å². The molecule has 1 unspecified atom stereocenters. The molecule has 3 aromatic rings. The second-order valence-electron chi connectivity index (χ2n) is 8.97. The maximum absolute atomic E-state index is 13.5. The first kappa shape index (κ1) is 26.5. The van der Waals surface area contributed by atoms with Crippen molar-refractivity contribution in [2.24, 2.45) is 5.92 Å². The van der Waals surface area contributed by atoms with Gasteiger partial charge in [-0.2, -0.15) is 0 Å². The van der Waals surface area contributed by atoms with Gasteiger partial charge < -0.3 is 10.2 Å². The van der Waals surface area contributed by atoms with Crippen LogP contribution in [0.2, 0.25) is 0 Å². The zero-order valence-electron chi connectivity index (χ0n) is 20.3. The fourth-order valence-electron chi connectivity index (χ4n) is 3.68. The highest BCUT2D eigenvalue weighted by Gasteiger charge is 2.30. The summed E-state index contributed by atoms with van der Waals surface area (Å²) in [5.41, 5.74) is 2.90. The highest BCUT2D eigenvalue weighted by atomic mass is 32.2. The molecule has 3 rings (SSSR count). The third kappa shape index (κ3) is 8.87. The summed E-state index contributed by atoms with van der Waals surface area (Å²) in [5, 5.41) is 3.02. The minimum Gasteiger partial charge on any atom is -0.354 e. The predicted octanol–water partition coefficient (Wildman–Crippen LogP) is 5.47. The Morgan fingerprint density at radius 3 is 2.06 bits per heavy atom. The van der Waals surface area contributed by atoms with E-state index >= 15 is 0 Å². The molecule has 6 heteroatoms. The predicted molar refractivity (Wildman–Crippen MR) is 141 cm³/mol. The molecular formula is C29H33FN2O2S. The van der Waals surface area contributed by atoms with E-state index in [2.05, 4.69) is 5.32 Å². The summed E-state index contributed by atoms with van der Waals surface area (Å²) in [5.74, 6) is 0.625. The van der Waals surface area contributed by atoms with E-state index in [1.807, 2.05) is 74.5 Å². The smallest absolute Gasteiger partial charge is 0.243 e. The lowest BCUT2D eigenvalue weighted by Crippen LogP contribution is -2.51. The van der Waals surface area contributed by atoms with Crippen LogP contribution in [-0.2, 0) is 28.3 Å². The van der Waals surface area contributed by atoms with Crippen LogP contribution in [0.4, 0.5) is 4.39 Å². The molecule has 3 aromatic carbocycles. The van der Waals surface area contributed by atoms with Crippen LogP contribution >= 0.6 is 11.8 Å². The molecule has 0 bridgehead atoms. The number of benzene rings is 3. The molecule has 0 saturated carbocycles. The lowest BCUT2D eigenvalue weighted by atomic mass is 10.0. The normalized spacial score (nSPS) is 11.8. The fourth-order valence-corrected chi connectivity index (χ4v) is 4.55. The van der Waals surface area contributed by atoms with Crippen LogP contribution in [-0.4, -0.2) is 35.1 Å². The largest absolute Gasteiger partial charge is 0.354 e. The van der Waals surface area contributed by atoms with E-state index in [0.717, 1.165) is 16.7 Å². The summed E-state index contributed by atoms with van der Waals surface area (Å²) in [7, 11) is 0. The number of thioether (sulfide) groups is 1. The van der Waals surface area contributed by atoms with Gasteiger partial charge >= 0.3 is 0 Å². The van der Waals surface area contributed by atoms with Gasteiger partial charge in [-0.3, -0.25) is 9.59 Å². The summed E-state index contributed by atoms with van der Waals surface area (Å²) in [4.78, 5) is 28.5. The summed E-state index contributed by atoms with van der Waals surface area (Å²) in [6.45, 7) is 4.84. The van der Waals surface area contributed by atoms with Crippen molar-refractivity contribution in [1.82, 2.24) is 10.2 Å². The Morgan fingerprint density at radius 1 is 0.857 bits per heavy atom. The van der Waals surface area contributed by atoms with Crippen LogP contribution in [0.25, 0.3) is 0 Å². The van der Waals surface area contributed by atoms with Crippen LogP contribution in [0, 0.1) is 11.7 Å². The number of carbonyl (C=O) groups excluding carboxylic acids is 2. The van der Waals surface area contributed by atoms with Crippen LogP contribution in [0.15, 0.2) is 84.9 Å². The number of hydrogen-bond donors (Lipinski definition) is 1. The van der Waals surface area contributed by atoms with Crippen molar-refractivity contribution in [3.8, 4) is 0 Å². The van der Waals surface area contributed by atoms with Crippen molar-refractivity contribution in [2.45, 2.75) is 38.6 Å². The average Bonchev–Trinajstić information content (AvgIpc) is 2.87. The van der Waals surface area contributed by atoms with Gasteiger partial charge in [0.25, 0.3) is 0 Å². The number of hydrogen-bond acceptors (Lipinski definition) is 3. The zero-order chi connectivity index (χ0) is 25.0. The summed E-state index contributed by atoms with van der Waals surface area (Å²) in [6, 6.07) is 25.1. The van der Waals surface area contributed by atoms with E-state index < -0.39 is 6.04 Å². The molecular weight excluding hydrogens is 459 g/mol. The lowest BCUT2D eigenvalue weighted by Gasteiger charge is -2.32. The molecule has 1 N–H and O–H groups in total. The van der Waals surface area contributed by atoms with E-state index in [9.17, 15) is 14.0 Å². The van der Waals surface area contributed by atoms with Crippen molar-refractivity contribution in [3.05, 3.63) is 107 Å². The summed E-state index contributed by atoms with van der Waals surface area (Å²) >= 11 is 1.53. The minimum atomic E-state index is -0.675. The number of nitrogens with one attached hydrogen (secondary N) is 1. The summed E-state index contributed by atoms with van der Waals surface area (Å²) in [6.07, 6.45) is 0.404. The molecule has 184 valence electrons. The molecule has 0 aliphatic carbocycles. The Hall–Kier alpha value is -3.12. The Bertz CT molecular complexity index is 1060. The number of rotatable bonds is 12. The van der Waals surface area contributed by atoms with Crippen LogP contribution in [0.3, 0.4) is 0 Å². The molecule has 2 amide bonds. The maximum Gasteiger partial charge on any atom is 0.243 e. The average molecular weight is 493 g/mol. The molecule has 0 aromatic heterocycles. The Kier molecular flexibility index (Phi) is 10.4. The van der Waals surface area contributed by atoms with Crippen LogP contribution in [0.1, 0.15) is 30.5 Å². The van der Waals surface area contributed by atoms with Crippen molar-refractivity contribution in [3.63, 3.8) is 0 Å². The van der Waals surface area contributed by atoms with Crippen LogP contribution < -0.4 is 5.32 Å². The molecule has 0 aliphatic heterocycles. The number of halogens is 1. The van der Waals surface area contributed by atoms with Crippen molar-refractivity contribution in [2.75, 3.05) is 12.3 Å². The number of amides is 2. The summed E-state index contributed by atoms with van der Waals surface area (Å²) < 4.78 is 13.5. The Morgan fingerprint density at radius 2 is 1.46 bits per heavy atom. The highest BCUT2D eigenvalue weighted by molar-refractivity contribution is 7.99. The number of carbonyl (C=O) groups is 2. The van der Waals surface area contributed by atoms with E-state index in [0.29, 0.717) is 24.6 Å². The standard InChI is InChI=1S/C29H33FN2O2S/c1-22(2)18-31-29(34)27(17-23-9-5-3-6-10-23)32(19-24-13-15-26(30)16-14-24)28(33)21-35-20-25-11-7-4-8-12-25/h3-16,22,27H,17-21H2,1-2H3,(H,31,34). The van der Waals surface area contributed by atoms with E-state index in [-0.39, 0.29) is 29.9 Å². The van der Waals surface area contributed by atoms with Gasteiger partial charge in [0.15, 0.2) is 0 Å². The van der Waals surface area contributed by atoms with Gasteiger partial charge in [0.1, 0.15) is 11.9 Å². The van der Waals surface area contributed by atoms with Gasteiger partial charge in [0.05, 0.1) is 5.75 Å². The van der Waals surface area contributed by atoms with Gasteiger partial charge in [-0.25, -0.2) is 4.39 Å². The molecule has 4 nitrogen and oxygen atoms in total. The zero-order valence-corrected chi connectivity index (χ0v) is 21.1. The van der Waals surface area contributed by atoms with E-state index in [4.69, 9.17) is 0 Å². The monoisotopic (exact) mass is 492 g/mol. The lowest BCUT2D eigenvalue weighted by molar-refractivity contribution is -0.139. The Labute approximate surface area is 211 Å². The van der Waals surface area contributed by atoms with Crippen molar-refractivity contribution < 1.29 is 14.0 Å². The molecule has 0 heterocycles. The van der Waals surface area contributed by atoms with Crippen molar-refractivity contribution >= 4 is 23.6 Å². The number of nitrogens with zero attached hydrogens (tertiary/aromatic N) is 1. The molecule has 35 heavy (non-hydrogen) atoms. The highest BCUT2D eigenvalue weighted by Crippen LogP contribution is 2.19. The van der Waals surface area contributed by atoms with Gasteiger partial charge in [-0.15, -0.1) is 11.8 Å². The molecule has 0 radical (unpaired) electrons. The maximum atomic E-state index is 13.5. The van der Waals surface area contributed by atoms with Gasteiger partial charge in [0.2, 0.25) is 11.8 Å². The quantitative estimate of drug-likeness (QED) is 0.365. The van der Waals surface area contributed by atoms with E-state index in [1.165, 1.54) is 23.9 Å². The van der Waals surface area contributed by atoms with E-state index in [1.54, 1.807) is 17.0 Å². The third-order valence-electron chi connectivity index (χ3n) is 5.56. The fraction of sp³-hybridized carbons (Fsp3) is 0.310. The molecule has 0 saturated heterocycles. The van der Waals surface area contributed by atoms with Crippen molar-refractivity contribution in [1.29, 1.82) is 0 Å². The minimum absolute atomic E-state index is 0.115. The van der Waals surface area contributed by atoms with Gasteiger partial charge in [0, 0.05) is 25.3 Å². The van der Waals surface area contributed by atoms with Crippen LogP contribution in [0.5, 0.6) is 0 Å². The molecule has 0 fully saturated rings. The molecule has 1 atom stereocenters. The van der Waals surface area contributed by atoms with Gasteiger partial charge in [-0.1, -0.05) is 86.6 Å². The first-order valence-corrected chi connectivity index (χ1v) is 13.0. The molecule has 0 aliphatic rings. The Balaban J connectivity index is 1.83. The van der Waals surface area contributed by atoms with Gasteiger partial charge in [-0.05, 0) is 34.7 Å². The first-order valence-electron chi connectivity index (χ1n) is 11.9. The first-order chi connectivity index (χ1) is 16.9. The third-order valence-corrected chi connectivity index (χ3v) is 6.55. The molecule has 0 spiro atoms. The SMILES string of the molecule is CC(C)CNC(=O)C(Cc1ccccc1)N(Cc1ccc(F)cc1)C(=O)CSCc1ccccc1. The second-order valence-corrected chi connectivity index (χ2v) is 9.96.